The molecule has 0 unspecified atom stereocenters. The summed E-state index contributed by atoms with van der Waals surface area (Å²) in [4.78, 5) is 22.1. The predicted octanol–water partition coefficient (Wildman–Crippen LogP) is 1.04. The zero-order valence-electron chi connectivity index (χ0n) is 9.14. The normalized spacial score (nSPS) is 9.73. The maximum absolute atomic E-state index is 11.2. The number of alkyl halides is 1. The topological polar surface area (TPSA) is 58.2 Å². The molecule has 0 saturated heterocycles. The lowest BCUT2D eigenvalue weighted by Gasteiger charge is -2.05. The fourth-order valence-electron chi connectivity index (χ4n) is 0.983. The molecule has 0 radical (unpaired) electrons. The van der Waals surface area contributed by atoms with Gasteiger partial charge in [0, 0.05) is 31.8 Å². The van der Waals surface area contributed by atoms with Gasteiger partial charge in [0.25, 0.3) is 0 Å². The fraction of sp³-hybridized carbons (Fsp3) is 0.800. The van der Waals surface area contributed by atoms with Gasteiger partial charge in [-0.05, 0) is 6.42 Å². The molecule has 0 aromatic rings. The molecule has 0 aliphatic rings. The first-order valence-corrected chi connectivity index (χ1v) is 5.83. The predicted molar refractivity (Wildman–Crippen MR) is 60.9 cm³/mol. The molecular formula is C10H19ClN2O2. The van der Waals surface area contributed by atoms with Crippen LogP contribution >= 0.6 is 11.6 Å². The Kier molecular flexibility index (Phi) is 9.27. The monoisotopic (exact) mass is 234 g/mol. The van der Waals surface area contributed by atoms with Crippen molar-refractivity contribution in [2.24, 2.45) is 0 Å². The van der Waals surface area contributed by atoms with E-state index >= 15 is 0 Å². The van der Waals surface area contributed by atoms with Crippen LogP contribution in [0, 0.1) is 0 Å². The fourth-order valence-corrected chi connectivity index (χ4v) is 1.15. The number of unbranched alkanes of at least 4 members (excludes halogenated alkanes) is 1. The molecule has 0 aliphatic carbocycles. The van der Waals surface area contributed by atoms with Gasteiger partial charge in [0.2, 0.25) is 11.8 Å². The largest absolute Gasteiger partial charge is 0.356 e. The third-order valence-electron chi connectivity index (χ3n) is 1.85. The van der Waals surface area contributed by atoms with Crippen molar-refractivity contribution in [3.8, 4) is 0 Å². The van der Waals surface area contributed by atoms with Crippen molar-refractivity contribution < 1.29 is 9.59 Å². The molecule has 88 valence electrons. The molecule has 0 spiro atoms. The van der Waals surface area contributed by atoms with Crippen LogP contribution in [0.1, 0.15) is 32.6 Å². The molecule has 2 N–H and O–H groups in total. The maximum atomic E-state index is 11.2. The first kappa shape index (κ1) is 14.2. The minimum absolute atomic E-state index is 0.0189. The third kappa shape index (κ3) is 9.53. The van der Waals surface area contributed by atoms with E-state index in [1.54, 1.807) is 0 Å². The Balaban J connectivity index is 3.34. The SMILES string of the molecule is CCCCNC(=O)CCNC(=O)CCCl. The Morgan fingerprint density at radius 1 is 1.07 bits per heavy atom. The molecule has 0 aromatic carbocycles. The quantitative estimate of drug-likeness (QED) is 0.487. The molecule has 5 heteroatoms. The lowest BCUT2D eigenvalue weighted by molar-refractivity contribution is -0.122. The highest BCUT2D eigenvalue weighted by atomic mass is 35.5. The summed E-state index contributed by atoms with van der Waals surface area (Å²) >= 11 is 5.38. The molecule has 15 heavy (non-hydrogen) atoms. The highest BCUT2D eigenvalue weighted by Gasteiger charge is 2.02. The lowest BCUT2D eigenvalue weighted by atomic mass is 10.3. The summed E-state index contributed by atoms with van der Waals surface area (Å²) in [5, 5.41) is 5.39. The standard InChI is InChI=1S/C10H19ClN2O2/c1-2-3-7-12-10(15)5-8-13-9(14)4-6-11/h2-8H2,1H3,(H,12,15)(H,13,14). The Labute approximate surface area is 95.7 Å². The van der Waals surface area contributed by atoms with Gasteiger partial charge in [-0.3, -0.25) is 9.59 Å². The number of amides is 2. The Morgan fingerprint density at radius 3 is 2.27 bits per heavy atom. The van der Waals surface area contributed by atoms with E-state index in [0.717, 1.165) is 12.8 Å². The molecule has 0 fully saturated rings. The molecule has 0 aliphatic heterocycles. The van der Waals surface area contributed by atoms with E-state index in [-0.39, 0.29) is 11.8 Å². The zero-order valence-corrected chi connectivity index (χ0v) is 9.90. The zero-order chi connectivity index (χ0) is 11.5. The van der Waals surface area contributed by atoms with Crippen LogP contribution in [0.2, 0.25) is 0 Å². The van der Waals surface area contributed by atoms with Crippen molar-refractivity contribution in [1.82, 2.24) is 10.6 Å². The average Bonchev–Trinajstić information content (AvgIpc) is 2.18. The molecular weight excluding hydrogens is 216 g/mol. The highest BCUT2D eigenvalue weighted by Crippen LogP contribution is 1.86. The van der Waals surface area contributed by atoms with Crippen LogP contribution < -0.4 is 10.6 Å². The van der Waals surface area contributed by atoms with Crippen molar-refractivity contribution in [2.75, 3.05) is 19.0 Å². The molecule has 0 heterocycles. The van der Waals surface area contributed by atoms with E-state index in [2.05, 4.69) is 17.6 Å². The number of halogens is 1. The van der Waals surface area contributed by atoms with Crippen LogP contribution in [0.15, 0.2) is 0 Å². The number of carbonyl (C=O) groups excluding carboxylic acids is 2. The maximum Gasteiger partial charge on any atom is 0.221 e. The smallest absolute Gasteiger partial charge is 0.221 e. The summed E-state index contributed by atoms with van der Waals surface area (Å²) in [7, 11) is 0. The van der Waals surface area contributed by atoms with E-state index in [9.17, 15) is 9.59 Å². The molecule has 0 rings (SSSR count). The Bertz CT molecular complexity index is 198. The van der Waals surface area contributed by atoms with Crippen LogP contribution in [0.25, 0.3) is 0 Å². The number of carbonyl (C=O) groups is 2. The summed E-state index contributed by atoms with van der Waals surface area (Å²) in [6.07, 6.45) is 2.69. The van der Waals surface area contributed by atoms with Crippen LogP contribution in [0.4, 0.5) is 0 Å². The van der Waals surface area contributed by atoms with Crippen LogP contribution in [0.5, 0.6) is 0 Å². The summed E-state index contributed by atoms with van der Waals surface area (Å²) < 4.78 is 0. The van der Waals surface area contributed by atoms with Crippen molar-refractivity contribution in [3.05, 3.63) is 0 Å². The molecule has 0 aromatic heterocycles. The van der Waals surface area contributed by atoms with Gasteiger partial charge in [-0.25, -0.2) is 0 Å². The second kappa shape index (κ2) is 9.77. The molecule has 0 saturated carbocycles. The van der Waals surface area contributed by atoms with E-state index in [1.165, 1.54) is 0 Å². The van der Waals surface area contributed by atoms with E-state index in [0.29, 0.717) is 31.8 Å². The van der Waals surface area contributed by atoms with Crippen molar-refractivity contribution in [3.63, 3.8) is 0 Å². The number of rotatable bonds is 8. The molecule has 2 amide bonds. The minimum Gasteiger partial charge on any atom is -0.356 e. The van der Waals surface area contributed by atoms with Gasteiger partial charge in [0.1, 0.15) is 0 Å². The average molecular weight is 235 g/mol. The van der Waals surface area contributed by atoms with E-state index < -0.39 is 0 Å². The van der Waals surface area contributed by atoms with Gasteiger partial charge in [-0.15, -0.1) is 11.6 Å². The van der Waals surface area contributed by atoms with Crippen molar-refractivity contribution in [1.29, 1.82) is 0 Å². The number of hydrogen-bond donors (Lipinski definition) is 2. The van der Waals surface area contributed by atoms with Crippen LogP contribution in [-0.4, -0.2) is 30.8 Å². The third-order valence-corrected chi connectivity index (χ3v) is 2.04. The Morgan fingerprint density at radius 2 is 1.67 bits per heavy atom. The van der Waals surface area contributed by atoms with Crippen molar-refractivity contribution in [2.45, 2.75) is 32.6 Å². The van der Waals surface area contributed by atoms with Crippen molar-refractivity contribution >= 4 is 23.4 Å². The summed E-state index contributed by atoms with van der Waals surface area (Å²) in [6, 6.07) is 0. The van der Waals surface area contributed by atoms with Gasteiger partial charge in [0.05, 0.1) is 0 Å². The summed E-state index contributed by atoms with van der Waals surface area (Å²) in [5.41, 5.74) is 0. The van der Waals surface area contributed by atoms with Gasteiger partial charge in [-0.2, -0.15) is 0 Å². The molecule has 0 atom stereocenters. The lowest BCUT2D eigenvalue weighted by Crippen LogP contribution is -2.31. The first-order valence-electron chi connectivity index (χ1n) is 5.30. The van der Waals surface area contributed by atoms with E-state index in [1.807, 2.05) is 0 Å². The van der Waals surface area contributed by atoms with Gasteiger partial charge >= 0.3 is 0 Å². The van der Waals surface area contributed by atoms with Crippen LogP contribution in [0.3, 0.4) is 0 Å². The Hall–Kier alpha value is -0.770. The second-order valence-electron chi connectivity index (χ2n) is 3.24. The summed E-state index contributed by atoms with van der Waals surface area (Å²) in [6.45, 7) is 3.16. The molecule has 0 bridgehead atoms. The van der Waals surface area contributed by atoms with Gasteiger partial charge < -0.3 is 10.6 Å². The number of hydrogen-bond acceptors (Lipinski definition) is 2. The molecule has 4 nitrogen and oxygen atoms in total. The number of nitrogens with one attached hydrogen (secondary N) is 2. The van der Waals surface area contributed by atoms with Gasteiger partial charge in [-0.1, -0.05) is 13.3 Å². The van der Waals surface area contributed by atoms with Crippen LogP contribution in [-0.2, 0) is 9.59 Å². The highest BCUT2D eigenvalue weighted by molar-refractivity contribution is 6.18. The minimum atomic E-state index is -0.105. The summed E-state index contributed by atoms with van der Waals surface area (Å²) in [5.74, 6) is 0.190. The van der Waals surface area contributed by atoms with Gasteiger partial charge in [0.15, 0.2) is 0 Å². The second-order valence-corrected chi connectivity index (χ2v) is 3.62. The van der Waals surface area contributed by atoms with E-state index in [4.69, 9.17) is 11.6 Å². The first-order chi connectivity index (χ1) is 7.20.